The fraction of sp³-hybridized carbons (Fsp3) is 0.333. The summed E-state index contributed by atoms with van der Waals surface area (Å²) in [5, 5.41) is 0. The van der Waals surface area contributed by atoms with Gasteiger partial charge >= 0.3 is 0 Å². The molecule has 0 nitrogen and oxygen atoms in total. The summed E-state index contributed by atoms with van der Waals surface area (Å²) < 4.78 is 13.9. The predicted molar refractivity (Wildman–Crippen MR) is 66.8 cm³/mol. The van der Waals surface area contributed by atoms with Crippen LogP contribution in [-0.2, 0) is 0 Å². The van der Waals surface area contributed by atoms with Gasteiger partial charge in [0, 0.05) is 5.56 Å². The molecule has 0 saturated carbocycles. The average molecular weight is 216 g/mol. The van der Waals surface area contributed by atoms with E-state index < -0.39 is 0 Å². The first-order valence-electron chi connectivity index (χ1n) is 5.74. The highest BCUT2D eigenvalue weighted by Crippen LogP contribution is 2.30. The number of halogens is 1. The van der Waals surface area contributed by atoms with Gasteiger partial charge in [0.1, 0.15) is 5.82 Å². The normalized spacial score (nSPS) is 15.8. The topological polar surface area (TPSA) is 0 Å². The molecular weight excluding hydrogens is 199 g/mol. The molecule has 0 atom stereocenters. The highest BCUT2D eigenvalue weighted by Gasteiger charge is 2.12. The number of hydrogen-bond donors (Lipinski definition) is 0. The molecule has 0 aliphatic heterocycles. The summed E-state index contributed by atoms with van der Waals surface area (Å²) in [5.74, 6) is -0.107. The molecule has 1 aliphatic carbocycles. The second-order valence-corrected chi connectivity index (χ2v) is 4.50. The third kappa shape index (κ3) is 1.95. The molecule has 0 N–H and O–H groups in total. The van der Waals surface area contributed by atoms with Crippen molar-refractivity contribution in [3.8, 4) is 0 Å². The molecule has 1 aromatic carbocycles. The van der Waals surface area contributed by atoms with Gasteiger partial charge in [-0.2, -0.15) is 0 Å². The SMILES string of the molecule is CC1=CCCC=C1c1cc(C)c(C)cc1F. The van der Waals surface area contributed by atoms with Gasteiger partial charge in [-0.05, 0) is 68.0 Å². The number of allylic oxidation sites excluding steroid dienone is 4. The molecule has 0 spiro atoms. The van der Waals surface area contributed by atoms with E-state index in [4.69, 9.17) is 0 Å². The van der Waals surface area contributed by atoms with Crippen molar-refractivity contribution in [2.45, 2.75) is 33.6 Å². The molecule has 0 aromatic heterocycles. The van der Waals surface area contributed by atoms with Crippen LogP contribution in [0.2, 0.25) is 0 Å². The fourth-order valence-corrected chi connectivity index (χ4v) is 2.11. The van der Waals surface area contributed by atoms with E-state index in [9.17, 15) is 4.39 Å². The van der Waals surface area contributed by atoms with Gasteiger partial charge in [-0.1, -0.05) is 12.2 Å². The summed E-state index contributed by atoms with van der Waals surface area (Å²) in [7, 11) is 0. The zero-order chi connectivity index (χ0) is 11.7. The Morgan fingerprint density at radius 2 is 1.56 bits per heavy atom. The Bertz CT molecular complexity index is 478. The van der Waals surface area contributed by atoms with Crippen molar-refractivity contribution in [3.63, 3.8) is 0 Å². The van der Waals surface area contributed by atoms with Gasteiger partial charge in [-0.15, -0.1) is 0 Å². The molecule has 0 saturated heterocycles. The third-order valence-electron chi connectivity index (χ3n) is 3.26. The summed E-state index contributed by atoms with van der Waals surface area (Å²) >= 11 is 0. The summed E-state index contributed by atoms with van der Waals surface area (Å²) in [4.78, 5) is 0. The minimum absolute atomic E-state index is 0.107. The summed E-state index contributed by atoms with van der Waals surface area (Å²) in [5.41, 5.74) is 5.16. The number of benzene rings is 1. The quantitative estimate of drug-likeness (QED) is 0.645. The van der Waals surface area contributed by atoms with Crippen molar-refractivity contribution in [2.24, 2.45) is 0 Å². The summed E-state index contributed by atoms with van der Waals surface area (Å²) in [6.07, 6.45) is 6.41. The first kappa shape index (κ1) is 11.1. The maximum Gasteiger partial charge on any atom is 0.131 e. The molecular formula is C15H17F. The van der Waals surface area contributed by atoms with Crippen molar-refractivity contribution < 1.29 is 4.39 Å². The van der Waals surface area contributed by atoms with E-state index in [1.807, 2.05) is 19.9 Å². The van der Waals surface area contributed by atoms with Crippen LogP contribution in [0.15, 0.2) is 29.9 Å². The Balaban J connectivity index is 2.52. The molecule has 0 fully saturated rings. The van der Waals surface area contributed by atoms with Gasteiger partial charge in [0.25, 0.3) is 0 Å². The van der Waals surface area contributed by atoms with Crippen molar-refractivity contribution >= 4 is 5.57 Å². The van der Waals surface area contributed by atoms with E-state index in [0.717, 1.165) is 35.1 Å². The van der Waals surface area contributed by atoms with E-state index in [1.54, 1.807) is 6.07 Å². The molecule has 0 amide bonds. The average Bonchev–Trinajstić information content (AvgIpc) is 2.25. The smallest absolute Gasteiger partial charge is 0.131 e. The third-order valence-corrected chi connectivity index (χ3v) is 3.26. The van der Waals surface area contributed by atoms with Crippen molar-refractivity contribution in [2.75, 3.05) is 0 Å². The van der Waals surface area contributed by atoms with Crippen molar-refractivity contribution in [1.29, 1.82) is 0 Å². The van der Waals surface area contributed by atoms with Crippen LogP contribution in [0.5, 0.6) is 0 Å². The Kier molecular flexibility index (Phi) is 2.95. The Morgan fingerprint density at radius 1 is 0.938 bits per heavy atom. The zero-order valence-electron chi connectivity index (χ0n) is 10.1. The van der Waals surface area contributed by atoms with E-state index in [0.29, 0.717) is 0 Å². The highest BCUT2D eigenvalue weighted by molar-refractivity contribution is 5.80. The van der Waals surface area contributed by atoms with Crippen LogP contribution in [-0.4, -0.2) is 0 Å². The second kappa shape index (κ2) is 4.25. The van der Waals surface area contributed by atoms with Gasteiger partial charge in [-0.25, -0.2) is 4.39 Å². The Morgan fingerprint density at radius 3 is 2.25 bits per heavy atom. The molecule has 0 bridgehead atoms. The molecule has 1 aromatic rings. The lowest BCUT2D eigenvalue weighted by molar-refractivity contribution is 0.622. The van der Waals surface area contributed by atoms with Crippen LogP contribution in [0.1, 0.15) is 36.5 Å². The monoisotopic (exact) mass is 216 g/mol. The fourth-order valence-electron chi connectivity index (χ4n) is 2.11. The van der Waals surface area contributed by atoms with E-state index in [2.05, 4.69) is 19.1 Å². The minimum Gasteiger partial charge on any atom is -0.206 e. The maximum atomic E-state index is 13.9. The molecule has 0 radical (unpaired) electrons. The Hall–Kier alpha value is -1.37. The lowest BCUT2D eigenvalue weighted by atomic mass is 9.91. The van der Waals surface area contributed by atoms with Crippen LogP contribution >= 0.6 is 0 Å². The van der Waals surface area contributed by atoms with Gasteiger partial charge in [0.05, 0.1) is 0 Å². The molecule has 1 aliphatic rings. The maximum absolute atomic E-state index is 13.9. The van der Waals surface area contributed by atoms with Gasteiger partial charge in [-0.3, -0.25) is 0 Å². The molecule has 84 valence electrons. The largest absolute Gasteiger partial charge is 0.206 e. The standard InChI is InChI=1S/C15H17F/c1-10-6-4-5-7-13(10)14-8-11(2)12(3)9-15(14)16/h6-9H,4-5H2,1-3H3. The van der Waals surface area contributed by atoms with Crippen LogP contribution in [0.4, 0.5) is 4.39 Å². The van der Waals surface area contributed by atoms with Gasteiger partial charge in [0.2, 0.25) is 0 Å². The number of rotatable bonds is 1. The van der Waals surface area contributed by atoms with Crippen LogP contribution < -0.4 is 0 Å². The number of aryl methyl sites for hydroxylation is 2. The van der Waals surface area contributed by atoms with Crippen molar-refractivity contribution in [3.05, 3.63) is 52.4 Å². The van der Waals surface area contributed by atoms with E-state index in [1.165, 1.54) is 5.57 Å². The molecule has 16 heavy (non-hydrogen) atoms. The molecule has 1 heteroatoms. The first-order valence-corrected chi connectivity index (χ1v) is 5.74. The predicted octanol–water partition coefficient (Wildman–Crippen LogP) is 4.57. The molecule has 0 heterocycles. The minimum atomic E-state index is -0.107. The zero-order valence-corrected chi connectivity index (χ0v) is 10.1. The van der Waals surface area contributed by atoms with Gasteiger partial charge < -0.3 is 0 Å². The van der Waals surface area contributed by atoms with Crippen LogP contribution in [0.3, 0.4) is 0 Å². The first-order chi connectivity index (χ1) is 7.59. The van der Waals surface area contributed by atoms with E-state index >= 15 is 0 Å². The second-order valence-electron chi connectivity index (χ2n) is 4.50. The Labute approximate surface area is 96.5 Å². The van der Waals surface area contributed by atoms with Crippen molar-refractivity contribution in [1.82, 2.24) is 0 Å². The number of hydrogen-bond acceptors (Lipinski definition) is 0. The summed E-state index contributed by atoms with van der Waals surface area (Å²) in [6.45, 7) is 6.03. The summed E-state index contributed by atoms with van der Waals surface area (Å²) in [6, 6.07) is 3.59. The van der Waals surface area contributed by atoms with Crippen LogP contribution in [0, 0.1) is 19.7 Å². The molecule has 0 unspecified atom stereocenters. The lowest BCUT2D eigenvalue weighted by Gasteiger charge is -2.15. The van der Waals surface area contributed by atoms with Crippen LogP contribution in [0.25, 0.3) is 5.57 Å². The van der Waals surface area contributed by atoms with E-state index in [-0.39, 0.29) is 5.82 Å². The highest BCUT2D eigenvalue weighted by atomic mass is 19.1. The molecule has 2 rings (SSSR count). The van der Waals surface area contributed by atoms with Gasteiger partial charge in [0.15, 0.2) is 0 Å². The lowest BCUT2D eigenvalue weighted by Crippen LogP contribution is -1.97.